The highest BCUT2D eigenvalue weighted by Crippen LogP contribution is 2.25. The molecule has 1 aromatic carbocycles. The van der Waals surface area contributed by atoms with E-state index in [9.17, 15) is 4.48 Å². The molecule has 0 aliphatic rings. The fraction of sp³-hybridized carbons (Fsp3) is 0.143. The van der Waals surface area contributed by atoms with Gasteiger partial charge in [0, 0.05) is 0 Å². The summed E-state index contributed by atoms with van der Waals surface area (Å²) in [7, 11) is -3.06. The van der Waals surface area contributed by atoms with E-state index in [4.69, 9.17) is 24.0 Å². The van der Waals surface area contributed by atoms with Gasteiger partial charge in [-0.05, 0) is 24.3 Å². The SMILES string of the molecule is COc1ccc(NNF)cc1.O=P(O)(O)O. The van der Waals surface area contributed by atoms with Crippen molar-refractivity contribution in [3.05, 3.63) is 24.3 Å². The van der Waals surface area contributed by atoms with Gasteiger partial charge in [0.15, 0.2) is 0 Å². The van der Waals surface area contributed by atoms with Gasteiger partial charge in [-0.2, -0.15) is 0 Å². The molecule has 0 radical (unpaired) electrons. The Balaban J connectivity index is 0.000000385. The lowest BCUT2D eigenvalue weighted by Crippen LogP contribution is -2.09. The largest absolute Gasteiger partial charge is 0.497 e. The first-order valence-electron chi connectivity index (χ1n) is 3.91. The molecule has 16 heavy (non-hydrogen) atoms. The predicted molar refractivity (Wildman–Crippen MR) is 55.1 cm³/mol. The Kier molecular flexibility index (Phi) is 6.63. The van der Waals surface area contributed by atoms with Gasteiger partial charge in [-0.3, -0.25) is 5.43 Å². The van der Waals surface area contributed by atoms with E-state index in [1.807, 2.05) is 0 Å². The molecule has 0 atom stereocenters. The number of hydrogen-bond donors (Lipinski definition) is 5. The van der Waals surface area contributed by atoms with Crippen LogP contribution in [0, 0.1) is 0 Å². The summed E-state index contributed by atoms with van der Waals surface area (Å²) in [4.78, 5) is 21.6. The molecule has 0 aliphatic carbocycles. The van der Waals surface area contributed by atoms with Gasteiger partial charge in [0.2, 0.25) is 0 Å². The van der Waals surface area contributed by atoms with Crippen molar-refractivity contribution in [2.45, 2.75) is 0 Å². The average Bonchev–Trinajstić information content (AvgIpc) is 2.17. The lowest BCUT2D eigenvalue weighted by Gasteiger charge is -2.02. The third-order valence-electron chi connectivity index (χ3n) is 1.28. The van der Waals surface area contributed by atoms with E-state index in [0.717, 1.165) is 5.75 Å². The minimum atomic E-state index is -4.64. The number of rotatable bonds is 3. The van der Waals surface area contributed by atoms with Crippen molar-refractivity contribution >= 4 is 13.5 Å². The van der Waals surface area contributed by atoms with Gasteiger partial charge in [0.25, 0.3) is 0 Å². The van der Waals surface area contributed by atoms with Gasteiger partial charge >= 0.3 is 7.82 Å². The van der Waals surface area contributed by atoms with E-state index >= 15 is 0 Å². The maximum atomic E-state index is 11.5. The Bertz CT molecular complexity index is 333. The van der Waals surface area contributed by atoms with Crippen molar-refractivity contribution in [3.8, 4) is 5.75 Å². The fourth-order valence-corrected chi connectivity index (χ4v) is 0.729. The van der Waals surface area contributed by atoms with Crippen molar-refractivity contribution in [2.75, 3.05) is 12.5 Å². The van der Waals surface area contributed by atoms with E-state index in [1.165, 1.54) is 5.65 Å². The smallest absolute Gasteiger partial charge is 0.466 e. The molecule has 0 unspecified atom stereocenters. The van der Waals surface area contributed by atoms with Crippen molar-refractivity contribution < 1.29 is 28.5 Å². The molecule has 7 nitrogen and oxygen atoms in total. The molecule has 0 aromatic heterocycles. The first-order chi connectivity index (χ1) is 7.36. The number of hydrazine groups is 1. The molecule has 0 spiro atoms. The van der Waals surface area contributed by atoms with E-state index in [-0.39, 0.29) is 0 Å². The summed E-state index contributed by atoms with van der Waals surface area (Å²) in [5.41, 5.74) is 4.26. The molecule has 0 bridgehead atoms. The zero-order chi connectivity index (χ0) is 12.6. The molecule has 92 valence electrons. The maximum absolute atomic E-state index is 11.5. The Hall–Kier alpha value is -1.18. The third-order valence-corrected chi connectivity index (χ3v) is 1.28. The molecule has 1 aromatic rings. The van der Waals surface area contributed by atoms with Crippen LogP contribution in [0.15, 0.2) is 24.3 Å². The first-order valence-corrected chi connectivity index (χ1v) is 5.47. The van der Waals surface area contributed by atoms with Crippen LogP contribution in [0.2, 0.25) is 0 Å². The highest BCUT2D eigenvalue weighted by atomic mass is 31.2. The zero-order valence-electron chi connectivity index (χ0n) is 8.29. The number of hydrogen-bond acceptors (Lipinski definition) is 4. The monoisotopic (exact) mass is 254 g/mol. The second-order valence-electron chi connectivity index (χ2n) is 2.46. The number of phosphoric acid groups is 1. The summed E-state index contributed by atoms with van der Waals surface area (Å²) < 4.78 is 25.3. The van der Waals surface area contributed by atoms with Crippen LogP contribution in [0.5, 0.6) is 5.75 Å². The molecular weight excluding hydrogens is 242 g/mol. The second kappa shape index (κ2) is 7.15. The summed E-state index contributed by atoms with van der Waals surface area (Å²) in [6, 6.07) is 6.87. The Morgan fingerprint density at radius 3 is 2.00 bits per heavy atom. The number of ether oxygens (including phenoxy) is 1. The number of nitrogens with one attached hydrogen (secondary N) is 2. The third kappa shape index (κ3) is 9.38. The van der Waals surface area contributed by atoms with E-state index in [2.05, 4.69) is 5.43 Å². The molecule has 0 fully saturated rings. The summed E-state index contributed by atoms with van der Waals surface area (Å²) in [5.74, 6) is 0.745. The van der Waals surface area contributed by atoms with Crippen LogP contribution in [0.1, 0.15) is 0 Å². The number of benzene rings is 1. The Labute approximate surface area is 91.0 Å². The van der Waals surface area contributed by atoms with Gasteiger partial charge in [-0.25, -0.2) is 4.57 Å². The predicted octanol–water partition coefficient (Wildman–Crippen LogP) is 0.568. The van der Waals surface area contributed by atoms with Gasteiger partial charge < -0.3 is 19.4 Å². The summed E-state index contributed by atoms with van der Waals surface area (Å²) in [6.45, 7) is 0. The van der Waals surface area contributed by atoms with Gasteiger partial charge in [-0.1, -0.05) is 5.65 Å². The molecule has 1 rings (SSSR count). The van der Waals surface area contributed by atoms with Crippen molar-refractivity contribution in [1.82, 2.24) is 5.65 Å². The number of methoxy groups -OCH3 is 1. The van der Waals surface area contributed by atoms with Crippen molar-refractivity contribution in [1.29, 1.82) is 0 Å². The molecular formula is C7H12FN2O5P. The standard InChI is InChI=1S/C7H9FN2O.H3O4P/c1-11-7-4-2-6(3-5-7)9-10-8;1-5(2,3)4/h2-5,9-10H,1H3;(H3,1,2,3,4). The summed E-state index contributed by atoms with van der Waals surface area (Å²) in [5, 5.41) is 0. The van der Waals surface area contributed by atoms with Crippen molar-refractivity contribution in [2.24, 2.45) is 0 Å². The van der Waals surface area contributed by atoms with E-state index < -0.39 is 7.82 Å². The molecule has 0 heterocycles. The van der Waals surface area contributed by atoms with Crippen LogP contribution in [0.3, 0.4) is 0 Å². The lowest BCUT2D eigenvalue weighted by molar-refractivity contribution is 0.275. The highest BCUT2D eigenvalue weighted by Gasteiger charge is 2.00. The molecule has 0 amide bonds. The van der Waals surface area contributed by atoms with Crippen LogP contribution in [0.25, 0.3) is 0 Å². The van der Waals surface area contributed by atoms with E-state index in [0.29, 0.717) is 5.69 Å². The number of halogens is 1. The minimum absolute atomic E-state index is 0.647. The van der Waals surface area contributed by atoms with Crippen LogP contribution in [-0.4, -0.2) is 21.8 Å². The molecule has 9 heteroatoms. The summed E-state index contributed by atoms with van der Waals surface area (Å²) >= 11 is 0. The Morgan fingerprint density at radius 2 is 1.69 bits per heavy atom. The van der Waals surface area contributed by atoms with Gasteiger partial charge in [-0.15, -0.1) is 4.48 Å². The van der Waals surface area contributed by atoms with E-state index in [1.54, 1.807) is 31.4 Å². The summed E-state index contributed by atoms with van der Waals surface area (Å²) in [6.07, 6.45) is 0. The molecule has 0 saturated heterocycles. The number of anilines is 1. The second-order valence-corrected chi connectivity index (χ2v) is 3.49. The average molecular weight is 254 g/mol. The normalized spacial score (nSPS) is 10.1. The van der Waals surface area contributed by atoms with Crippen LogP contribution in [0.4, 0.5) is 10.2 Å². The Morgan fingerprint density at radius 1 is 1.25 bits per heavy atom. The lowest BCUT2D eigenvalue weighted by atomic mass is 10.3. The van der Waals surface area contributed by atoms with Gasteiger partial charge in [0.1, 0.15) is 5.75 Å². The molecule has 0 saturated carbocycles. The van der Waals surface area contributed by atoms with Gasteiger partial charge in [0.05, 0.1) is 12.8 Å². The van der Waals surface area contributed by atoms with Crippen LogP contribution in [-0.2, 0) is 4.57 Å². The van der Waals surface area contributed by atoms with Crippen LogP contribution < -0.4 is 15.8 Å². The topological polar surface area (TPSA) is 111 Å². The minimum Gasteiger partial charge on any atom is -0.497 e. The first kappa shape index (κ1) is 14.8. The van der Waals surface area contributed by atoms with Crippen LogP contribution >= 0.6 is 7.82 Å². The zero-order valence-corrected chi connectivity index (χ0v) is 9.19. The molecule has 5 N–H and O–H groups in total. The maximum Gasteiger partial charge on any atom is 0.466 e. The van der Waals surface area contributed by atoms with Crippen molar-refractivity contribution in [3.63, 3.8) is 0 Å². The fourth-order valence-electron chi connectivity index (χ4n) is 0.729. The quantitative estimate of drug-likeness (QED) is 0.304. The molecule has 0 aliphatic heterocycles. The highest BCUT2D eigenvalue weighted by molar-refractivity contribution is 7.45.